The van der Waals surface area contributed by atoms with Crippen LogP contribution in [0.1, 0.15) is 6.42 Å². The predicted molar refractivity (Wildman–Crippen MR) is 67.7 cm³/mol. The number of methoxy groups -OCH3 is 1. The molecule has 0 fully saturated rings. The molecule has 116 valence electrons. The van der Waals surface area contributed by atoms with E-state index >= 15 is 0 Å². The summed E-state index contributed by atoms with van der Waals surface area (Å²) in [6, 6.07) is 5.52. The van der Waals surface area contributed by atoms with Crippen LogP contribution in [-0.2, 0) is 14.3 Å². The maximum absolute atomic E-state index is 12.7. The van der Waals surface area contributed by atoms with E-state index in [9.17, 15) is 27.9 Å². The lowest BCUT2D eigenvalue weighted by molar-refractivity contribution is -0.261. The van der Waals surface area contributed by atoms with Crippen LogP contribution in [0, 0.1) is 0 Å². The lowest BCUT2D eigenvalue weighted by Crippen LogP contribution is -2.54. The highest BCUT2D eigenvalue weighted by Crippen LogP contribution is 2.34. The minimum Gasteiger partial charge on any atom is -0.467 e. The molecular formula is C12H11ClF3NO4. The van der Waals surface area contributed by atoms with Crippen LogP contribution in [0.2, 0.25) is 5.02 Å². The van der Waals surface area contributed by atoms with Crippen molar-refractivity contribution in [1.29, 1.82) is 0 Å². The molecule has 1 amide bonds. The molecule has 0 aromatic heterocycles. The van der Waals surface area contributed by atoms with Crippen molar-refractivity contribution in [2.75, 3.05) is 12.4 Å². The molecule has 0 spiro atoms. The average Bonchev–Trinajstić information content (AvgIpc) is 2.38. The summed E-state index contributed by atoms with van der Waals surface area (Å²) >= 11 is 5.61. The lowest BCUT2D eigenvalue weighted by atomic mass is 9.98. The van der Waals surface area contributed by atoms with Gasteiger partial charge in [-0.1, -0.05) is 11.6 Å². The second-order valence-corrected chi connectivity index (χ2v) is 4.52. The van der Waals surface area contributed by atoms with Crippen LogP contribution < -0.4 is 5.32 Å². The number of esters is 1. The van der Waals surface area contributed by atoms with E-state index in [-0.39, 0.29) is 5.69 Å². The third-order valence-corrected chi connectivity index (χ3v) is 2.79. The zero-order valence-corrected chi connectivity index (χ0v) is 11.5. The molecule has 5 nitrogen and oxygen atoms in total. The first-order valence-corrected chi connectivity index (χ1v) is 5.91. The number of carbonyl (C=O) groups is 2. The first-order chi connectivity index (χ1) is 9.60. The van der Waals surface area contributed by atoms with Gasteiger partial charge >= 0.3 is 12.1 Å². The average molecular weight is 326 g/mol. The van der Waals surface area contributed by atoms with Gasteiger partial charge in [0, 0.05) is 10.7 Å². The van der Waals surface area contributed by atoms with Crippen LogP contribution >= 0.6 is 11.6 Å². The molecule has 9 heteroatoms. The van der Waals surface area contributed by atoms with Crippen molar-refractivity contribution >= 4 is 29.2 Å². The van der Waals surface area contributed by atoms with Crippen LogP contribution in [-0.4, -0.2) is 35.9 Å². The van der Waals surface area contributed by atoms with Gasteiger partial charge in [0.15, 0.2) is 0 Å². The Hall–Kier alpha value is -1.80. The van der Waals surface area contributed by atoms with Crippen LogP contribution in [0.3, 0.4) is 0 Å². The summed E-state index contributed by atoms with van der Waals surface area (Å²) in [5.41, 5.74) is -3.74. The number of halogens is 4. The Kier molecular flexibility index (Phi) is 5.19. The zero-order valence-electron chi connectivity index (χ0n) is 10.7. The summed E-state index contributed by atoms with van der Waals surface area (Å²) in [7, 11) is 0.677. The number of benzene rings is 1. The van der Waals surface area contributed by atoms with Crippen molar-refractivity contribution in [1.82, 2.24) is 0 Å². The normalized spacial score (nSPS) is 14.2. The molecule has 0 heterocycles. The lowest BCUT2D eigenvalue weighted by Gasteiger charge is -2.26. The molecular weight excluding hydrogens is 315 g/mol. The van der Waals surface area contributed by atoms with E-state index in [2.05, 4.69) is 10.1 Å². The van der Waals surface area contributed by atoms with E-state index < -0.39 is 30.1 Å². The smallest absolute Gasteiger partial charge is 0.428 e. The minimum absolute atomic E-state index is 0.166. The largest absolute Gasteiger partial charge is 0.467 e. The van der Waals surface area contributed by atoms with Gasteiger partial charge in [-0.15, -0.1) is 0 Å². The Balaban J connectivity index is 2.87. The van der Waals surface area contributed by atoms with Gasteiger partial charge in [-0.05, 0) is 24.3 Å². The van der Waals surface area contributed by atoms with E-state index in [4.69, 9.17) is 11.6 Å². The van der Waals surface area contributed by atoms with Gasteiger partial charge in [0.2, 0.25) is 5.91 Å². The highest BCUT2D eigenvalue weighted by molar-refractivity contribution is 6.30. The predicted octanol–water partition coefficient (Wildman–Crippen LogP) is 2.13. The Labute approximate surface area is 122 Å². The van der Waals surface area contributed by atoms with Crippen molar-refractivity contribution in [3.63, 3.8) is 0 Å². The van der Waals surface area contributed by atoms with Gasteiger partial charge < -0.3 is 15.2 Å². The van der Waals surface area contributed by atoms with Crippen molar-refractivity contribution < 1.29 is 32.6 Å². The van der Waals surface area contributed by atoms with Gasteiger partial charge in [-0.2, -0.15) is 13.2 Å². The van der Waals surface area contributed by atoms with Crippen LogP contribution in [0.15, 0.2) is 24.3 Å². The van der Waals surface area contributed by atoms with E-state index in [1.165, 1.54) is 24.3 Å². The van der Waals surface area contributed by atoms with Crippen molar-refractivity contribution in [2.24, 2.45) is 0 Å². The molecule has 1 aromatic rings. The number of hydrogen-bond acceptors (Lipinski definition) is 4. The number of anilines is 1. The quantitative estimate of drug-likeness (QED) is 0.832. The molecule has 0 aliphatic carbocycles. The fraction of sp³-hybridized carbons (Fsp3) is 0.333. The molecule has 1 aromatic carbocycles. The van der Waals surface area contributed by atoms with Crippen LogP contribution in [0.4, 0.5) is 18.9 Å². The summed E-state index contributed by atoms with van der Waals surface area (Å²) in [4.78, 5) is 22.7. The standard InChI is InChI=1S/C12H11ClF3NO4/c1-21-10(19)11(20,12(14,15)16)6-9(18)17-8-4-2-7(13)3-5-8/h2-5,20H,6H2,1H3,(H,17,18)/t11-/m0/s1. The van der Waals surface area contributed by atoms with Crippen molar-refractivity contribution in [2.45, 2.75) is 18.2 Å². The topological polar surface area (TPSA) is 75.6 Å². The molecule has 1 rings (SSSR count). The van der Waals surface area contributed by atoms with E-state index in [0.717, 1.165) is 0 Å². The van der Waals surface area contributed by atoms with Gasteiger partial charge in [-0.3, -0.25) is 4.79 Å². The highest BCUT2D eigenvalue weighted by Gasteiger charge is 2.61. The van der Waals surface area contributed by atoms with Crippen LogP contribution in [0.25, 0.3) is 0 Å². The number of amides is 1. The number of aliphatic hydroxyl groups is 1. The van der Waals surface area contributed by atoms with Gasteiger partial charge in [0.25, 0.3) is 5.60 Å². The molecule has 0 bridgehead atoms. The number of alkyl halides is 3. The Morgan fingerprint density at radius 1 is 1.29 bits per heavy atom. The molecule has 0 saturated carbocycles. The van der Waals surface area contributed by atoms with Gasteiger partial charge in [-0.25, -0.2) is 4.79 Å². The zero-order chi connectivity index (χ0) is 16.3. The summed E-state index contributed by atoms with van der Waals surface area (Å²) in [6.07, 6.45) is -6.87. The maximum atomic E-state index is 12.7. The SMILES string of the molecule is COC(=O)[C@@](O)(CC(=O)Nc1ccc(Cl)cc1)C(F)(F)F. The summed E-state index contributed by atoms with van der Waals surface area (Å²) in [5.74, 6) is -3.16. The first-order valence-electron chi connectivity index (χ1n) is 5.53. The molecule has 0 aliphatic rings. The number of hydrogen-bond donors (Lipinski definition) is 2. The Morgan fingerprint density at radius 2 is 1.81 bits per heavy atom. The first kappa shape index (κ1) is 17.3. The number of nitrogens with one attached hydrogen (secondary N) is 1. The maximum Gasteiger partial charge on any atom is 0.428 e. The van der Waals surface area contributed by atoms with Crippen molar-refractivity contribution in [3.8, 4) is 0 Å². The number of carbonyl (C=O) groups excluding carboxylic acids is 2. The molecule has 0 saturated heterocycles. The monoisotopic (exact) mass is 325 g/mol. The summed E-state index contributed by atoms with van der Waals surface area (Å²) < 4.78 is 42.1. The molecule has 2 N–H and O–H groups in total. The molecule has 0 aliphatic heterocycles. The molecule has 0 radical (unpaired) electrons. The minimum atomic E-state index is -5.35. The van der Waals surface area contributed by atoms with Crippen LogP contribution in [0.5, 0.6) is 0 Å². The fourth-order valence-electron chi connectivity index (χ4n) is 1.43. The number of ether oxygens (including phenoxy) is 1. The second-order valence-electron chi connectivity index (χ2n) is 4.08. The van der Waals surface area contributed by atoms with E-state index in [1.807, 2.05) is 0 Å². The Morgan fingerprint density at radius 3 is 2.24 bits per heavy atom. The summed E-state index contributed by atoms with van der Waals surface area (Å²) in [5, 5.41) is 11.9. The second kappa shape index (κ2) is 6.31. The molecule has 0 unspecified atom stereocenters. The molecule has 1 atom stereocenters. The highest BCUT2D eigenvalue weighted by atomic mass is 35.5. The van der Waals surface area contributed by atoms with Crippen molar-refractivity contribution in [3.05, 3.63) is 29.3 Å². The Bertz CT molecular complexity index is 532. The third-order valence-electron chi connectivity index (χ3n) is 2.54. The fourth-order valence-corrected chi connectivity index (χ4v) is 1.55. The van der Waals surface area contributed by atoms with Gasteiger partial charge in [0.1, 0.15) is 0 Å². The van der Waals surface area contributed by atoms with E-state index in [0.29, 0.717) is 12.1 Å². The van der Waals surface area contributed by atoms with Gasteiger partial charge in [0.05, 0.1) is 13.5 Å². The third kappa shape index (κ3) is 4.08. The van der Waals surface area contributed by atoms with E-state index in [1.54, 1.807) is 0 Å². The summed E-state index contributed by atoms with van der Waals surface area (Å²) in [6.45, 7) is 0. The molecule has 21 heavy (non-hydrogen) atoms. The number of rotatable bonds is 4.